The molecule has 0 bridgehead atoms. The Bertz CT molecular complexity index is 4550. The van der Waals surface area contributed by atoms with Crippen LogP contribution in [0.15, 0.2) is 237 Å². The van der Waals surface area contributed by atoms with Crippen LogP contribution in [0.2, 0.25) is 0 Å². The first-order chi connectivity index (χ1) is 40.2. The van der Waals surface area contributed by atoms with E-state index in [1.54, 1.807) is 12.1 Å². The molecule has 0 N–H and O–H groups in total. The monoisotopic (exact) mass is 1060 g/mol. The van der Waals surface area contributed by atoms with E-state index in [1.807, 2.05) is 215 Å². The van der Waals surface area contributed by atoms with Crippen LogP contribution in [0.5, 0.6) is 0 Å². The van der Waals surface area contributed by atoms with Gasteiger partial charge in [0.05, 0.1) is 57.2 Å². The smallest absolute Gasteiger partial charge is 0.309 e. The van der Waals surface area contributed by atoms with Gasteiger partial charge >= 0.3 is 6.18 Å². The highest BCUT2D eigenvalue weighted by molar-refractivity contribution is 6.13. The van der Waals surface area contributed by atoms with E-state index in [0.29, 0.717) is 68.1 Å². The fourth-order valence-corrected chi connectivity index (χ4v) is 11.0. The standard InChI is InChI=1S/C69H39F3N10/c1-74-54-30-18-29-53(69(70,71)72)61(54)62-59(81-55-31-16-14-27-49(55)51-35-33-47(39-57(51)81)67-77-63(43-19-6-2-7-20-43)75-64(78-67)44-21-8-3-9-22-44)37-42(41-73)38-60(62)82-56-32-17-15-28-50(56)52-36-34-48(40-58(52)82)68-79-65(45-23-10-4-11-24-45)76-66(80-68)46-25-12-5-13-26-46/h2-40H. The van der Waals surface area contributed by atoms with E-state index in [4.69, 9.17) is 36.5 Å². The maximum Gasteiger partial charge on any atom is 0.415 e. The molecule has 0 spiro atoms. The van der Waals surface area contributed by atoms with Gasteiger partial charge < -0.3 is 9.13 Å². The summed E-state index contributed by atoms with van der Waals surface area (Å²) in [5.41, 5.74) is 5.84. The Kier molecular flexibility index (Phi) is 11.8. The lowest BCUT2D eigenvalue weighted by Gasteiger charge is -2.24. The van der Waals surface area contributed by atoms with Crippen LogP contribution in [-0.2, 0) is 6.18 Å². The first-order valence-corrected chi connectivity index (χ1v) is 26.2. The molecular weight excluding hydrogens is 1030 g/mol. The van der Waals surface area contributed by atoms with Crippen LogP contribution in [0, 0.1) is 17.9 Å². The fourth-order valence-electron chi connectivity index (χ4n) is 11.0. The average molecular weight is 1070 g/mol. The van der Waals surface area contributed by atoms with Crippen molar-refractivity contribution < 1.29 is 13.2 Å². The molecule has 0 saturated heterocycles. The molecule has 13 heteroatoms. The average Bonchev–Trinajstić information content (AvgIpc) is 4.27. The number of halogens is 3. The third-order valence-electron chi connectivity index (χ3n) is 14.7. The van der Waals surface area contributed by atoms with Crippen molar-refractivity contribution in [2.24, 2.45) is 0 Å². The number of rotatable bonds is 9. The number of para-hydroxylation sites is 2. The second-order valence-electron chi connectivity index (χ2n) is 19.6. The first-order valence-electron chi connectivity index (χ1n) is 26.2. The Morgan fingerprint density at radius 3 is 1.09 bits per heavy atom. The highest BCUT2D eigenvalue weighted by atomic mass is 19.4. The minimum atomic E-state index is -4.93. The van der Waals surface area contributed by atoms with Crippen molar-refractivity contribution in [3.8, 4) is 96.9 Å². The van der Waals surface area contributed by atoms with Gasteiger partial charge in [0.15, 0.2) is 40.6 Å². The van der Waals surface area contributed by atoms with Crippen LogP contribution >= 0.6 is 0 Å². The predicted molar refractivity (Wildman–Crippen MR) is 316 cm³/mol. The molecule has 0 fully saturated rings. The van der Waals surface area contributed by atoms with Gasteiger partial charge in [0.25, 0.3) is 0 Å². The maximum absolute atomic E-state index is 16.1. The Hall–Kier alpha value is -11.4. The molecule has 82 heavy (non-hydrogen) atoms. The van der Waals surface area contributed by atoms with Gasteiger partial charge in [-0.2, -0.15) is 18.4 Å². The van der Waals surface area contributed by atoms with Crippen LogP contribution in [0.4, 0.5) is 18.9 Å². The molecule has 14 rings (SSSR count). The molecule has 14 aromatic rings. The third-order valence-corrected chi connectivity index (χ3v) is 14.7. The van der Waals surface area contributed by atoms with E-state index >= 15 is 13.2 Å². The number of aromatic nitrogens is 8. The molecule has 0 saturated carbocycles. The summed E-state index contributed by atoms with van der Waals surface area (Å²) in [6.45, 7) is 8.55. The van der Waals surface area contributed by atoms with Crippen molar-refractivity contribution in [3.63, 3.8) is 0 Å². The SMILES string of the molecule is [C-]#[N+]c1cccc(C(F)(F)F)c1-c1c(-n2c3ccccc3c3ccc(-c4nc(-c5ccccc5)nc(-c5ccccc5)n4)cc32)cc(C#N)cc1-n1c2ccccc2c2ccc(-c3nc(-c4ccccc4)nc(-c4ccccc4)n3)cc21. The minimum absolute atomic E-state index is 0.0646. The van der Waals surface area contributed by atoms with Gasteiger partial charge in [0.1, 0.15) is 0 Å². The molecule has 0 unspecified atom stereocenters. The molecule has 0 radical (unpaired) electrons. The van der Waals surface area contributed by atoms with Gasteiger partial charge in [-0.05, 0) is 36.4 Å². The van der Waals surface area contributed by atoms with Crippen LogP contribution in [0.25, 0.3) is 139 Å². The van der Waals surface area contributed by atoms with Crippen molar-refractivity contribution in [2.45, 2.75) is 6.18 Å². The lowest BCUT2D eigenvalue weighted by atomic mass is 9.92. The predicted octanol–water partition coefficient (Wildman–Crippen LogP) is 17.4. The maximum atomic E-state index is 16.1. The third kappa shape index (κ3) is 8.45. The zero-order valence-corrected chi connectivity index (χ0v) is 43.1. The topological polar surface area (TPSA) is 115 Å². The number of nitrogens with zero attached hydrogens (tertiary/aromatic N) is 10. The molecule has 10 nitrogen and oxygen atoms in total. The summed E-state index contributed by atoms with van der Waals surface area (Å²) in [5.74, 6) is 2.53. The molecule has 0 aliphatic carbocycles. The number of alkyl halides is 3. The Morgan fingerprint density at radius 1 is 0.366 bits per heavy atom. The van der Waals surface area contributed by atoms with Crippen LogP contribution in [0.3, 0.4) is 0 Å². The molecule has 4 heterocycles. The molecule has 0 atom stereocenters. The van der Waals surface area contributed by atoms with Crippen molar-refractivity contribution in [3.05, 3.63) is 259 Å². The summed E-state index contributed by atoms with van der Waals surface area (Å²) in [7, 11) is 0. The van der Waals surface area contributed by atoms with Crippen molar-refractivity contribution in [2.75, 3.05) is 0 Å². The highest BCUT2D eigenvalue weighted by Crippen LogP contribution is 2.50. The number of benzene rings is 10. The molecule has 4 aromatic heterocycles. The van der Waals surface area contributed by atoms with E-state index in [1.165, 1.54) is 12.1 Å². The normalized spacial score (nSPS) is 11.6. The van der Waals surface area contributed by atoms with Gasteiger partial charge in [0, 0.05) is 66.1 Å². The second-order valence-corrected chi connectivity index (χ2v) is 19.6. The summed E-state index contributed by atoms with van der Waals surface area (Å²) in [6, 6.07) is 74.7. The number of hydrogen-bond donors (Lipinski definition) is 0. The first kappa shape index (κ1) is 48.9. The van der Waals surface area contributed by atoms with E-state index in [-0.39, 0.29) is 33.8 Å². The van der Waals surface area contributed by atoms with Gasteiger partial charge in [-0.3, -0.25) is 0 Å². The van der Waals surface area contributed by atoms with Crippen LogP contribution < -0.4 is 0 Å². The van der Waals surface area contributed by atoms with Gasteiger partial charge in [-0.25, -0.2) is 34.7 Å². The lowest BCUT2D eigenvalue weighted by molar-refractivity contribution is -0.137. The van der Waals surface area contributed by atoms with E-state index in [0.717, 1.165) is 49.9 Å². The molecule has 0 amide bonds. The van der Waals surface area contributed by atoms with Crippen LogP contribution in [-0.4, -0.2) is 39.0 Å². The van der Waals surface area contributed by atoms with E-state index in [2.05, 4.69) is 10.9 Å². The van der Waals surface area contributed by atoms with Crippen LogP contribution in [0.1, 0.15) is 11.1 Å². The Labute approximate surface area is 466 Å². The molecule has 10 aromatic carbocycles. The van der Waals surface area contributed by atoms with Crippen molar-refractivity contribution >= 4 is 49.3 Å². The Morgan fingerprint density at radius 2 is 0.720 bits per heavy atom. The van der Waals surface area contributed by atoms with Gasteiger partial charge in [0.2, 0.25) is 0 Å². The zero-order chi connectivity index (χ0) is 55.5. The lowest BCUT2D eigenvalue weighted by Crippen LogP contribution is -2.11. The van der Waals surface area contributed by atoms with E-state index in [9.17, 15) is 5.26 Å². The highest BCUT2D eigenvalue weighted by Gasteiger charge is 2.37. The second kappa shape index (κ2) is 19.8. The Balaban J connectivity index is 1.09. The summed E-state index contributed by atoms with van der Waals surface area (Å²) in [6.07, 6.45) is -4.93. The number of nitriles is 1. The van der Waals surface area contributed by atoms with Gasteiger partial charge in [-0.15, -0.1) is 0 Å². The number of hydrogen-bond acceptors (Lipinski definition) is 7. The summed E-state index contributed by atoms with van der Waals surface area (Å²) in [5, 5.41) is 14.3. The van der Waals surface area contributed by atoms with E-state index < -0.39 is 11.7 Å². The quantitative estimate of drug-likeness (QED) is 0.132. The van der Waals surface area contributed by atoms with Gasteiger partial charge in [-0.1, -0.05) is 200 Å². The largest absolute Gasteiger partial charge is 0.415 e. The number of fused-ring (bicyclic) bond motifs is 6. The summed E-state index contributed by atoms with van der Waals surface area (Å²) in [4.78, 5) is 33.8. The minimum Gasteiger partial charge on any atom is -0.309 e. The zero-order valence-electron chi connectivity index (χ0n) is 43.1. The molecular formula is C69H39F3N10. The fraction of sp³-hybridized carbons (Fsp3) is 0.0145. The molecule has 386 valence electrons. The molecule has 0 aliphatic heterocycles. The summed E-state index contributed by atoms with van der Waals surface area (Å²) < 4.78 is 51.9. The van der Waals surface area contributed by atoms with Crippen molar-refractivity contribution in [1.82, 2.24) is 39.0 Å². The van der Waals surface area contributed by atoms with Crippen molar-refractivity contribution in [1.29, 1.82) is 5.26 Å². The summed E-state index contributed by atoms with van der Waals surface area (Å²) >= 11 is 0. The molecule has 0 aliphatic rings.